The molecule has 0 fully saturated rings. The van der Waals surface area contributed by atoms with Crippen molar-refractivity contribution in [1.82, 2.24) is 9.97 Å². The molecule has 168 valence electrons. The molecule has 5 aromatic rings. The highest BCUT2D eigenvalue weighted by Crippen LogP contribution is 2.54. The van der Waals surface area contributed by atoms with E-state index in [1.54, 1.807) is 23.1 Å². The molecule has 6 heteroatoms. The minimum atomic E-state index is -0.0245. The molecule has 2 atom stereocenters. The molecule has 3 aromatic carbocycles. The zero-order valence-corrected chi connectivity index (χ0v) is 20.8. The van der Waals surface area contributed by atoms with Crippen molar-refractivity contribution in [2.75, 3.05) is 0 Å². The molecule has 0 radical (unpaired) electrons. The van der Waals surface area contributed by atoms with Crippen LogP contribution in [0.4, 0.5) is 0 Å². The van der Waals surface area contributed by atoms with Crippen LogP contribution in [0.3, 0.4) is 0 Å². The molecule has 1 N–H and O–H groups in total. The Kier molecular flexibility index (Phi) is 6.04. The zero-order chi connectivity index (χ0) is 22.9. The minimum absolute atomic E-state index is 0.0245. The number of hydrogen-bond donors (Lipinski definition) is 1. The molecule has 0 amide bonds. The van der Waals surface area contributed by atoms with Crippen LogP contribution < -0.4 is 5.56 Å². The fraction of sp³-hybridized carbons (Fsp3) is 0.143. The van der Waals surface area contributed by atoms with E-state index in [9.17, 15) is 4.79 Å². The van der Waals surface area contributed by atoms with Crippen LogP contribution >= 0.6 is 34.9 Å². The fourth-order valence-corrected chi connectivity index (χ4v) is 8.34. The van der Waals surface area contributed by atoms with E-state index < -0.39 is 0 Å². The third-order valence-corrected chi connectivity index (χ3v) is 9.92. The van der Waals surface area contributed by atoms with Gasteiger partial charge in [0, 0.05) is 15.9 Å². The van der Waals surface area contributed by atoms with Crippen LogP contribution in [-0.2, 0) is 12.2 Å². The first kappa shape index (κ1) is 21.7. The molecule has 2 aromatic heterocycles. The zero-order valence-electron chi connectivity index (χ0n) is 18.3. The van der Waals surface area contributed by atoms with E-state index in [-0.39, 0.29) is 10.8 Å². The molecule has 0 spiro atoms. The Labute approximate surface area is 210 Å². The number of hydrogen-bond acceptors (Lipinski definition) is 5. The predicted octanol–water partition coefficient (Wildman–Crippen LogP) is 7.40. The molecule has 0 unspecified atom stereocenters. The maximum atomic E-state index is 13.3. The van der Waals surface area contributed by atoms with Crippen LogP contribution in [0.2, 0.25) is 0 Å². The number of thiophene rings is 1. The number of fused-ring (bicyclic) bond motifs is 3. The highest BCUT2D eigenvalue weighted by atomic mass is 32.2. The first-order valence-corrected chi connectivity index (χ1v) is 14.0. The van der Waals surface area contributed by atoms with Gasteiger partial charge in [-0.05, 0) is 28.7 Å². The fourth-order valence-electron chi connectivity index (χ4n) is 4.45. The van der Waals surface area contributed by atoms with Gasteiger partial charge in [0.25, 0.3) is 5.56 Å². The van der Waals surface area contributed by atoms with Gasteiger partial charge in [-0.1, -0.05) is 103 Å². The van der Waals surface area contributed by atoms with Gasteiger partial charge in [0.1, 0.15) is 4.83 Å². The molecule has 0 saturated heterocycles. The second-order valence-electron chi connectivity index (χ2n) is 8.30. The summed E-state index contributed by atoms with van der Waals surface area (Å²) in [4.78, 5) is 23.4. The Balaban J connectivity index is 1.42. The van der Waals surface area contributed by atoms with Gasteiger partial charge in [0.15, 0.2) is 5.16 Å². The van der Waals surface area contributed by atoms with Crippen molar-refractivity contribution in [1.29, 1.82) is 0 Å². The monoisotopic (exact) mass is 498 g/mol. The Hall–Kier alpha value is -2.80. The number of thioether (sulfide) groups is 2. The number of nitrogens with one attached hydrogen (secondary N) is 1. The second-order valence-corrected chi connectivity index (χ2v) is 11.6. The summed E-state index contributed by atoms with van der Waals surface area (Å²) in [6.07, 6.45) is 0.842. The van der Waals surface area contributed by atoms with Crippen LogP contribution in [-0.4, -0.2) is 9.97 Å². The third-order valence-electron chi connectivity index (χ3n) is 6.09. The smallest absolute Gasteiger partial charge is 0.260 e. The SMILES string of the molecule is O=c1[nH]c(SCc2ccccc2)nc2sc3c(c12)C[C@H](c1ccccc1)S[C@H]3c1ccccc1. The molecule has 3 heterocycles. The Morgan fingerprint density at radius 2 is 1.53 bits per heavy atom. The Morgan fingerprint density at radius 1 is 0.882 bits per heavy atom. The summed E-state index contributed by atoms with van der Waals surface area (Å²) in [5.41, 5.74) is 4.93. The maximum absolute atomic E-state index is 13.3. The minimum Gasteiger partial charge on any atom is -0.301 e. The molecule has 34 heavy (non-hydrogen) atoms. The molecule has 6 rings (SSSR count). The first-order chi connectivity index (χ1) is 16.8. The van der Waals surface area contributed by atoms with Gasteiger partial charge in [0.2, 0.25) is 0 Å². The lowest BCUT2D eigenvalue weighted by Gasteiger charge is -2.29. The van der Waals surface area contributed by atoms with Crippen molar-refractivity contribution >= 4 is 45.1 Å². The lowest BCUT2D eigenvalue weighted by molar-refractivity contribution is 0.890. The van der Waals surface area contributed by atoms with E-state index in [1.807, 2.05) is 30.0 Å². The maximum Gasteiger partial charge on any atom is 0.260 e. The number of H-pyrrole nitrogens is 1. The van der Waals surface area contributed by atoms with Crippen LogP contribution in [0.5, 0.6) is 0 Å². The van der Waals surface area contributed by atoms with Gasteiger partial charge in [-0.2, -0.15) is 0 Å². The van der Waals surface area contributed by atoms with E-state index in [0.717, 1.165) is 28.0 Å². The molecule has 0 saturated carbocycles. The van der Waals surface area contributed by atoms with Gasteiger partial charge in [-0.3, -0.25) is 4.79 Å². The van der Waals surface area contributed by atoms with E-state index in [1.165, 1.54) is 21.6 Å². The van der Waals surface area contributed by atoms with Gasteiger partial charge in [0.05, 0.1) is 10.6 Å². The van der Waals surface area contributed by atoms with Crippen molar-refractivity contribution in [3.63, 3.8) is 0 Å². The van der Waals surface area contributed by atoms with Crippen molar-refractivity contribution in [2.45, 2.75) is 27.8 Å². The highest BCUT2D eigenvalue weighted by Gasteiger charge is 2.34. The summed E-state index contributed by atoms with van der Waals surface area (Å²) < 4.78 is 0. The third kappa shape index (κ3) is 4.22. The van der Waals surface area contributed by atoms with Gasteiger partial charge in [-0.25, -0.2) is 4.98 Å². The van der Waals surface area contributed by atoms with Crippen LogP contribution in [0.1, 0.15) is 37.6 Å². The molecule has 0 bridgehead atoms. The van der Waals surface area contributed by atoms with Crippen LogP contribution in [0.25, 0.3) is 10.2 Å². The molecular formula is C28H22N2OS3. The number of benzene rings is 3. The number of nitrogens with zero attached hydrogens (tertiary/aromatic N) is 1. The van der Waals surface area contributed by atoms with E-state index in [2.05, 4.69) is 77.8 Å². The number of aromatic nitrogens is 2. The lowest BCUT2D eigenvalue weighted by Crippen LogP contribution is -2.15. The largest absolute Gasteiger partial charge is 0.301 e. The average Bonchev–Trinajstić information content (AvgIpc) is 3.27. The standard InChI is InChI=1S/C28H22N2OS3/c31-26-23-21-16-22(19-12-6-2-7-13-19)33-24(20-14-8-3-9-15-20)25(21)34-27(23)30-28(29-26)32-17-18-10-4-1-5-11-18/h1-15,22,24H,16-17H2,(H,29,30,31)/t22-,24+/m1/s1. The predicted molar refractivity (Wildman–Crippen MR) is 145 cm³/mol. The molecule has 1 aliphatic rings. The first-order valence-electron chi connectivity index (χ1n) is 11.2. The van der Waals surface area contributed by atoms with Crippen molar-refractivity contribution in [3.8, 4) is 0 Å². The topological polar surface area (TPSA) is 45.8 Å². The summed E-state index contributed by atoms with van der Waals surface area (Å²) in [5.74, 6) is 0.777. The quantitative estimate of drug-likeness (QED) is 0.203. The number of rotatable bonds is 5. The normalized spacial score (nSPS) is 17.5. The van der Waals surface area contributed by atoms with E-state index >= 15 is 0 Å². The average molecular weight is 499 g/mol. The summed E-state index contributed by atoms with van der Waals surface area (Å²) in [7, 11) is 0. The van der Waals surface area contributed by atoms with Crippen LogP contribution in [0.15, 0.2) is 101 Å². The summed E-state index contributed by atoms with van der Waals surface area (Å²) >= 11 is 5.24. The summed E-state index contributed by atoms with van der Waals surface area (Å²) in [6.45, 7) is 0. The Bertz CT molecular complexity index is 1480. The van der Waals surface area contributed by atoms with Crippen molar-refractivity contribution in [2.24, 2.45) is 0 Å². The lowest BCUT2D eigenvalue weighted by atomic mass is 9.98. The van der Waals surface area contributed by atoms with Crippen molar-refractivity contribution < 1.29 is 0 Å². The molecule has 0 aliphatic carbocycles. The molecule has 3 nitrogen and oxygen atoms in total. The van der Waals surface area contributed by atoms with E-state index in [0.29, 0.717) is 10.4 Å². The van der Waals surface area contributed by atoms with E-state index in [4.69, 9.17) is 4.98 Å². The van der Waals surface area contributed by atoms with Gasteiger partial charge in [-0.15, -0.1) is 23.1 Å². The second kappa shape index (κ2) is 9.45. The van der Waals surface area contributed by atoms with Crippen LogP contribution in [0, 0.1) is 0 Å². The number of aromatic amines is 1. The summed E-state index contributed by atoms with van der Waals surface area (Å²) in [6, 6.07) is 31.5. The molecule has 1 aliphatic heterocycles. The summed E-state index contributed by atoms with van der Waals surface area (Å²) in [5, 5.41) is 1.94. The molecular weight excluding hydrogens is 477 g/mol. The highest BCUT2D eigenvalue weighted by molar-refractivity contribution is 8.00. The van der Waals surface area contributed by atoms with Crippen molar-refractivity contribution in [3.05, 3.63) is 128 Å². The Morgan fingerprint density at radius 3 is 2.24 bits per heavy atom. The van der Waals surface area contributed by atoms with Gasteiger partial charge < -0.3 is 4.98 Å². The van der Waals surface area contributed by atoms with Gasteiger partial charge >= 0.3 is 0 Å².